The number of amides is 1. The Morgan fingerprint density at radius 3 is 2.50 bits per heavy atom. The maximum Gasteiger partial charge on any atom is 0.232 e. The molecule has 4 nitrogen and oxygen atoms in total. The first kappa shape index (κ1) is 17.2. The van der Waals surface area contributed by atoms with Gasteiger partial charge >= 0.3 is 0 Å². The number of nitrogens with one attached hydrogen (secondary N) is 1. The number of nitrogens with zero attached hydrogens (tertiary/aromatic N) is 2. The molecule has 0 saturated carbocycles. The van der Waals surface area contributed by atoms with Crippen LogP contribution in [0.1, 0.15) is 23.5 Å². The Bertz CT molecular complexity index is 772. The Morgan fingerprint density at radius 1 is 1.00 bits per heavy atom. The van der Waals surface area contributed by atoms with Crippen molar-refractivity contribution >= 4 is 11.6 Å². The number of benzene rings is 2. The number of halogens is 1. The molecule has 1 fully saturated rings. The summed E-state index contributed by atoms with van der Waals surface area (Å²) in [7, 11) is 0. The van der Waals surface area contributed by atoms with Gasteiger partial charge in [-0.15, -0.1) is 0 Å². The van der Waals surface area contributed by atoms with Gasteiger partial charge in [0.25, 0.3) is 0 Å². The van der Waals surface area contributed by atoms with E-state index >= 15 is 0 Å². The van der Waals surface area contributed by atoms with Gasteiger partial charge in [0.15, 0.2) is 0 Å². The third-order valence-corrected chi connectivity index (χ3v) is 5.41. The molecule has 2 aromatic carbocycles. The van der Waals surface area contributed by atoms with Crippen LogP contribution in [-0.4, -0.2) is 48.4 Å². The van der Waals surface area contributed by atoms with Crippen molar-refractivity contribution in [2.45, 2.75) is 18.9 Å². The molecule has 0 bridgehead atoms. The summed E-state index contributed by atoms with van der Waals surface area (Å²) in [4.78, 5) is 17.1. The number of carbonyl (C=O) groups is 1. The monoisotopic (exact) mass is 353 g/mol. The molecular weight excluding hydrogens is 329 g/mol. The quantitative estimate of drug-likeness (QED) is 0.897. The fourth-order valence-corrected chi connectivity index (χ4v) is 3.91. The van der Waals surface area contributed by atoms with Crippen LogP contribution in [0.15, 0.2) is 48.5 Å². The van der Waals surface area contributed by atoms with Gasteiger partial charge in [0.1, 0.15) is 5.82 Å². The summed E-state index contributed by atoms with van der Waals surface area (Å²) in [6.45, 7) is 5.96. The number of hydrogen-bond donors (Lipinski definition) is 1. The lowest BCUT2D eigenvalue weighted by molar-refractivity contribution is -0.117. The first-order valence-corrected chi connectivity index (χ1v) is 9.28. The van der Waals surface area contributed by atoms with Gasteiger partial charge in [-0.1, -0.05) is 30.3 Å². The molecule has 0 radical (unpaired) electrons. The van der Waals surface area contributed by atoms with Crippen LogP contribution in [0.25, 0.3) is 0 Å². The van der Waals surface area contributed by atoms with Crippen LogP contribution >= 0.6 is 0 Å². The van der Waals surface area contributed by atoms with E-state index in [0.717, 1.165) is 56.9 Å². The summed E-state index contributed by atoms with van der Waals surface area (Å²) >= 11 is 0. The lowest BCUT2D eigenvalue weighted by Gasteiger charge is -2.35. The minimum Gasteiger partial charge on any atom is -0.325 e. The Labute approximate surface area is 153 Å². The molecule has 2 aliphatic heterocycles. The van der Waals surface area contributed by atoms with Crippen molar-refractivity contribution in [3.8, 4) is 0 Å². The highest BCUT2D eigenvalue weighted by molar-refractivity contribution is 6.02. The molecule has 1 atom stereocenters. The van der Waals surface area contributed by atoms with E-state index in [9.17, 15) is 9.18 Å². The number of fused-ring (bicyclic) bond motifs is 1. The highest BCUT2D eigenvalue weighted by Crippen LogP contribution is 2.35. The Balaban J connectivity index is 1.28. The molecule has 0 spiro atoms. The average Bonchev–Trinajstić information content (AvgIpc) is 2.96. The highest BCUT2D eigenvalue weighted by Gasteiger charge is 2.31. The summed E-state index contributed by atoms with van der Waals surface area (Å²) in [6.07, 6.45) is 0.737. The number of anilines is 1. The summed E-state index contributed by atoms with van der Waals surface area (Å²) in [5.41, 5.74) is 2.91. The summed E-state index contributed by atoms with van der Waals surface area (Å²) in [6, 6.07) is 15.1. The van der Waals surface area contributed by atoms with Gasteiger partial charge in [-0.2, -0.15) is 0 Å². The normalized spacial score (nSPS) is 20.8. The van der Waals surface area contributed by atoms with Crippen molar-refractivity contribution in [3.63, 3.8) is 0 Å². The van der Waals surface area contributed by atoms with E-state index in [0.29, 0.717) is 0 Å². The molecule has 2 heterocycles. The van der Waals surface area contributed by atoms with E-state index in [1.165, 1.54) is 17.7 Å². The molecule has 5 heteroatoms. The fourth-order valence-electron chi connectivity index (χ4n) is 3.91. The average molecular weight is 353 g/mol. The van der Waals surface area contributed by atoms with Crippen molar-refractivity contribution in [2.75, 3.05) is 38.0 Å². The molecule has 1 amide bonds. The Kier molecular flexibility index (Phi) is 5.00. The standard InChI is InChI=1S/C21H24FN3O/c22-17-6-7-20-19(14-17)18(21(26)23-20)8-9-24-10-12-25(13-11-24)15-16-4-2-1-3-5-16/h1-7,14,18H,8-13,15H2,(H,23,26). The largest absolute Gasteiger partial charge is 0.325 e. The summed E-state index contributed by atoms with van der Waals surface area (Å²) in [5, 5.41) is 2.86. The molecule has 0 aliphatic carbocycles. The minimum absolute atomic E-state index is 0.00619. The molecule has 2 aromatic rings. The van der Waals surface area contributed by atoms with Crippen molar-refractivity contribution in [1.82, 2.24) is 9.80 Å². The van der Waals surface area contributed by atoms with Crippen LogP contribution in [-0.2, 0) is 11.3 Å². The van der Waals surface area contributed by atoms with Crippen LogP contribution in [0.3, 0.4) is 0 Å². The molecule has 4 rings (SSSR count). The van der Waals surface area contributed by atoms with Gasteiger partial charge in [0.2, 0.25) is 5.91 Å². The smallest absolute Gasteiger partial charge is 0.232 e. The van der Waals surface area contributed by atoms with Crippen LogP contribution in [0, 0.1) is 5.82 Å². The predicted octanol–water partition coefficient (Wildman–Crippen LogP) is 3.07. The molecular formula is C21H24FN3O. The van der Waals surface area contributed by atoms with Crippen molar-refractivity contribution in [3.05, 3.63) is 65.5 Å². The number of rotatable bonds is 5. The second-order valence-electron chi connectivity index (χ2n) is 7.17. The van der Waals surface area contributed by atoms with E-state index < -0.39 is 0 Å². The fraction of sp³-hybridized carbons (Fsp3) is 0.381. The first-order valence-electron chi connectivity index (χ1n) is 9.28. The maximum atomic E-state index is 13.5. The first-order chi connectivity index (χ1) is 12.7. The van der Waals surface area contributed by atoms with E-state index in [4.69, 9.17) is 0 Å². The number of piperazine rings is 1. The van der Waals surface area contributed by atoms with Crippen LogP contribution in [0.2, 0.25) is 0 Å². The van der Waals surface area contributed by atoms with E-state index in [2.05, 4.69) is 39.4 Å². The third-order valence-electron chi connectivity index (χ3n) is 5.41. The molecule has 1 N–H and O–H groups in total. The molecule has 1 unspecified atom stereocenters. The maximum absolute atomic E-state index is 13.5. The van der Waals surface area contributed by atoms with Crippen LogP contribution in [0.4, 0.5) is 10.1 Å². The van der Waals surface area contributed by atoms with Crippen molar-refractivity contribution in [1.29, 1.82) is 0 Å². The van der Waals surface area contributed by atoms with Crippen molar-refractivity contribution in [2.24, 2.45) is 0 Å². The topological polar surface area (TPSA) is 35.6 Å². The molecule has 136 valence electrons. The summed E-state index contributed by atoms with van der Waals surface area (Å²) in [5.74, 6) is -0.517. The number of carbonyl (C=O) groups excluding carboxylic acids is 1. The molecule has 26 heavy (non-hydrogen) atoms. The molecule has 1 saturated heterocycles. The van der Waals surface area contributed by atoms with Gasteiger partial charge in [0.05, 0.1) is 5.92 Å². The van der Waals surface area contributed by atoms with E-state index in [1.807, 2.05) is 6.07 Å². The number of hydrogen-bond acceptors (Lipinski definition) is 3. The Hall–Kier alpha value is -2.24. The lowest BCUT2D eigenvalue weighted by Crippen LogP contribution is -2.46. The third kappa shape index (κ3) is 3.79. The van der Waals surface area contributed by atoms with E-state index in [1.54, 1.807) is 6.07 Å². The van der Waals surface area contributed by atoms with Gasteiger partial charge in [0, 0.05) is 38.4 Å². The Morgan fingerprint density at radius 2 is 1.73 bits per heavy atom. The molecule has 2 aliphatic rings. The zero-order chi connectivity index (χ0) is 17.9. The van der Waals surface area contributed by atoms with E-state index in [-0.39, 0.29) is 17.6 Å². The highest BCUT2D eigenvalue weighted by atomic mass is 19.1. The lowest BCUT2D eigenvalue weighted by atomic mass is 9.97. The van der Waals surface area contributed by atoms with Gasteiger partial charge < -0.3 is 10.2 Å². The summed E-state index contributed by atoms with van der Waals surface area (Å²) < 4.78 is 13.5. The molecule has 0 aromatic heterocycles. The minimum atomic E-state index is -0.278. The second kappa shape index (κ2) is 7.56. The van der Waals surface area contributed by atoms with Crippen LogP contribution in [0.5, 0.6) is 0 Å². The van der Waals surface area contributed by atoms with Crippen molar-refractivity contribution < 1.29 is 9.18 Å². The van der Waals surface area contributed by atoms with Gasteiger partial charge in [-0.25, -0.2) is 4.39 Å². The predicted molar refractivity (Wildman–Crippen MR) is 101 cm³/mol. The van der Waals surface area contributed by atoms with Crippen LogP contribution < -0.4 is 5.32 Å². The second-order valence-corrected chi connectivity index (χ2v) is 7.17. The SMILES string of the molecule is O=C1Nc2ccc(F)cc2C1CCN1CCN(Cc2ccccc2)CC1. The zero-order valence-corrected chi connectivity index (χ0v) is 14.8. The zero-order valence-electron chi connectivity index (χ0n) is 14.8. The van der Waals surface area contributed by atoms with Gasteiger partial charge in [-0.3, -0.25) is 9.69 Å². The van der Waals surface area contributed by atoms with Gasteiger partial charge in [-0.05, 0) is 42.3 Å².